The molecular formula is C17H23ClN2O2. The van der Waals surface area contributed by atoms with E-state index in [-0.39, 0.29) is 18.4 Å². The molecule has 0 aromatic heterocycles. The normalized spacial score (nSPS) is 16.5. The molecule has 1 fully saturated rings. The fraction of sp³-hybridized carbons (Fsp3) is 0.529. The maximum Gasteiger partial charge on any atom is 0.330 e. The maximum absolute atomic E-state index is 11.9. The van der Waals surface area contributed by atoms with Crippen LogP contribution >= 0.6 is 12.4 Å². The largest absolute Gasteiger partial charge is 0.367 e. The second kappa shape index (κ2) is 7.62. The number of benzene rings is 1. The van der Waals surface area contributed by atoms with E-state index in [0.717, 1.165) is 25.9 Å². The summed E-state index contributed by atoms with van der Waals surface area (Å²) in [5.41, 5.74) is 1.48. The van der Waals surface area contributed by atoms with Gasteiger partial charge >= 0.3 is 5.97 Å². The van der Waals surface area contributed by atoms with Crippen molar-refractivity contribution in [1.29, 1.82) is 5.26 Å². The lowest BCUT2D eigenvalue weighted by Gasteiger charge is -2.32. The fourth-order valence-corrected chi connectivity index (χ4v) is 2.36. The Kier molecular flexibility index (Phi) is 6.40. The molecule has 1 aliphatic heterocycles. The van der Waals surface area contributed by atoms with Crippen LogP contribution in [0.5, 0.6) is 0 Å². The minimum atomic E-state index is -0.468. The highest BCUT2D eigenvalue weighted by molar-refractivity contribution is 5.85. The molecule has 22 heavy (non-hydrogen) atoms. The Morgan fingerprint density at radius 3 is 2.23 bits per heavy atom. The maximum atomic E-state index is 11.9. The highest BCUT2D eigenvalue weighted by Gasteiger charge is 2.28. The van der Waals surface area contributed by atoms with Crippen LogP contribution in [-0.4, -0.2) is 24.1 Å². The second-order valence-electron chi connectivity index (χ2n) is 6.57. The smallest absolute Gasteiger partial charge is 0.330 e. The number of carbonyl (C=O) groups is 1. The molecule has 0 aliphatic carbocycles. The summed E-state index contributed by atoms with van der Waals surface area (Å²) >= 11 is 0. The molecule has 5 heteroatoms. The molecule has 1 aliphatic rings. The van der Waals surface area contributed by atoms with Gasteiger partial charge in [0.1, 0.15) is 0 Å². The quantitative estimate of drug-likeness (QED) is 0.833. The summed E-state index contributed by atoms with van der Waals surface area (Å²) in [6.45, 7) is 7.09. The van der Waals surface area contributed by atoms with Crippen molar-refractivity contribution in [2.24, 2.45) is 5.41 Å². The molecule has 0 atom stereocenters. The molecular weight excluding hydrogens is 300 g/mol. The standard InChI is InChI=1S/C17H22N2O2.ClH/c1-17(2,3)16(20)21-19-10-8-15(9-11-19)14-6-4-13(12-18)5-7-14;/h4-7,15H,8-11H2,1-3H3;1H. The number of carbonyl (C=O) groups excluding carboxylic acids is 1. The van der Waals surface area contributed by atoms with Crippen LogP contribution in [0.15, 0.2) is 24.3 Å². The van der Waals surface area contributed by atoms with Crippen molar-refractivity contribution in [3.05, 3.63) is 35.4 Å². The molecule has 0 spiro atoms. The Balaban J connectivity index is 0.00000242. The van der Waals surface area contributed by atoms with Crippen molar-refractivity contribution in [3.8, 4) is 6.07 Å². The third-order valence-corrected chi connectivity index (χ3v) is 3.79. The minimum absolute atomic E-state index is 0. The Bertz CT molecular complexity index is 535. The van der Waals surface area contributed by atoms with Crippen molar-refractivity contribution >= 4 is 18.4 Å². The molecule has 0 radical (unpaired) electrons. The first-order chi connectivity index (χ1) is 9.90. The zero-order chi connectivity index (χ0) is 15.5. The molecule has 1 heterocycles. The van der Waals surface area contributed by atoms with Crippen LogP contribution in [0.1, 0.15) is 50.7 Å². The zero-order valence-electron chi connectivity index (χ0n) is 13.3. The van der Waals surface area contributed by atoms with Crippen LogP contribution in [0.3, 0.4) is 0 Å². The van der Waals surface area contributed by atoms with Crippen LogP contribution in [-0.2, 0) is 9.63 Å². The van der Waals surface area contributed by atoms with Crippen molar-refractivity contribution < 1.29 is 9.63 Å². The Morgan fingerprint density at radius 2 is 1.77 bits per heavy atom. The number of rotatable bonds is 2. The summed E-state index contributed by atoms with van der Waals surface area (Å²) in [5, 5.41) is 10.6. The van der Waals surface area contributed by atoms with Gasteiger partial charge in [-0.15, -0.1) is 17.5 Å². The monoisotopic (exact) mass is 322 g/mol. The van der Waals surface area contributed by atoms with E-state index in [0.29, 0.717) is 11.5 Å². The third kappa shape index (κ3) is 4.72. The van der Waals surface area contributed by atoms with Gasteiger partial charge in [0.15, 0.2) is 0 Å². The highest BCUT2D eigenvalue weighted by atomic mass is 35.5. The summed E-state index contributed by atoms with van der Waals surface area (Å²) in [4.78, 5) is 17.3. The SMILES string of the molecule is CC(C)(C)C(=O)ON1CCC(c2ccc(C#N)cc2)CC1.Cl. The molecule has 2 rings (SSSR count). The molecule has 0 saturated carbocycles. The lowest BCUT2D eigenvalue weighted by molar-refractivity contribution is -0.204. The van der Waals surface area contributed by atoms with Gasteiger partial charge in [-0.3, -0.25) is 0 Å². The predicted octanol–water partition coefficient (Wildman–Crippen LogP) is 3.66. The molecule has 0 amide bonds. The van der Waals surface area contributed by atoms with Crippen molar-refractivity contribution in [1.82, 2.24) is 5.06 Å². The van der Waals surface area contributed by atoms with Gasteiger partial charge < -0.3 is 4.84 Å². The van der Waals surface area contributed by atoms with Crippen LogP contribution in [0.4, 0.5) is 0 Å². The van der Waals surface area contributed by atoms with Gasteiger partial charge in [-0.2, -0.15) is 5.26 Å². The van der Waals surface area contributed by atoms with Gasteiger partial charge in [0, 0.05) is 13.1 Å². The zero-order valence-corrected chi connectivity index (χ0v) is 14.2. The molecule has 0 bridgehead atoms. The van der Waals surface area contributed by atoms with Crippen LogP contribution < -0.4 is 0 Å². The number of hydroxylamine groups is 2. The molecule has 0 unspecified atom stereocenters. The molecule has 1 aromatic rings. The van der Waals surface area contributed by atoms with Crippen molar-refractivity contribution in [2.45, 2.75) is 39.5 Å². The number of piperidine rings is 1. The number of hydrogen-bond acceptors (Lipinski definition) is 4. The van der Waals surface area contributed by atoms with Gasteiger partial charge in [0.2, 0.25) is 0 Å². The molecule has 1 aromatic carbocycles. The second-order valence-corrected chi connectivity index (χ2v) is 6.57. The topological polar surface area (TPSA) is 53.3 Å². The lowest BCUT2D eigenvalue weighted by atomic mass is 9.90. The van der Waals surface area contributed by atoms with E-state index in [1.54, 1.807) is 5.06 Å². The van der Waals surface area contributed by atoms with E-state index >= 15 is 0 Å². The highest BCUT2D eigenvalue weighted by Crippen LogP contribution is 2.29. The summed E-state index contributed by atoms with van der Waals surface area (Å²) in [5.74, 6) is 0.293. The van der Waals surface area contributed by atoms with Gasteiger partial charge in [-0.05, 0) is 57.2 Å². The summed E-state index contributed by atoms with van der Waals surface area (Å²) in [6.07, 6.45) is 1.92. The predicted molar refractivity (Wildman–Crippen MR) is 87.5 cm³/mol. The van der Waals surface area contributed by atoms with E-state index < -0.39 is 5.41 Å². The van der Waals surface area contributed by atoms with E-state index in [1.807, 2.05) is 45.0 Å². The molecule has 0 N–H and O–H groups in total. The van der Waals surface area contributed by atoms with Gasteiger partial charge in [0.25, 0.3) is 0 Å². The van der Waals surface area contributed by atoms with Gasteiger partial charge in [-0.1, -0.05) is 12.1 Å². The lowest BCUT2D eigenvalue weighted by Crippen LogP contribution is -2.38. The van der Waals surface area contributed by atoms with Crippen molar-refractivity contribution in [2.75, 3.05) is 13.1 Å². The first-order valence-electron chi connectivity index (χ1n) is 7.37. The van der Waals surface area contributed by atoms with Crippen LogP contribution in [0.25, 0.3) is 0 Å². The number of nitrogens with zero attached hydrogens (tertiary/aromatic N) is 2. The minimum Gasteiger partial charge on any atom is -0.367 e. The Labute approximate surface area is 138 Å². The van der Waals surface area contributed by atoms with Gasteiger partial charge in [-0.25, -0.2) is 4.79 Å². The molecule has 4 nitrogen and oxygen atoms in total. The Hall–Kier alpha value is -1.57. The molecule has 120 valence electrons. The van der Waals surface area contributed by atoms with Crippen LogP contribution in [0.2, 0.25) is 0 Å². The van der Waals surface area contributed by atoms with E-state index in [2.05, 4.69) is 6.07 Å². The molecule has 1 saturated heterocycles. The summed E-state index contributed by atoms with van der Waals surface area (Å²) in [7, 11) is 0. The van der Waals surface area contributed by atoms with E-state index in [9.17, 15) is 4.79 Å². The Morgan fingerprint density at radius 1 is 1.23 bits per heavy atom. The van der Waals surface area contributed by atoms with Crippen molar-refractivity contribution in [3.63, 3.8) is 0 Å². The fourth-order valence-electron chi connectivity index (χ4n) is 2.36. The van der Waals surface area contributed by atoms with Crippen LogP contribution in [0, 0.1) is 16.7 Å². The number of halogens is 1. The first kappa shape index (κ1) is 18.5. The third-order valence-electron chi connectivity index (χ3n) is 3.79. The number of nitriles is 1. The number of hydrogen-bond donors (Lipinski definition) is 0. The first-order valence-corrected chi connectivity index (χ1v) is 7.37. The average Bonchev–Trinajstić information content (AvgIpc) is 2.47. The summed E-state index contributed by atoms with van der Waals surface area (Å²) < 4.78 is 0. The van der Waals surface area contributed by atoms with E-state index in [1.165, 1.54) is 5.56 Å². The summed E-state index contributed by atoms with van der Waals surface area (Å²) in [6, 6.07) is 9.91. The van der Waals surface area contributed by atoms with Gasteiger partial charge in [0.05, 0.1) is 17.0 Å². The van der Waals surface area contributed by atoms with E-state index in [4.69, 9.17) is 10.1 Å². The average molecular weight is 323 g/mol.